The minimum atomic E-state index is -4.77. The zero-order valence-electron chi connectivity index (χ0n) is 20.0. The number of benzene rings is 1. The molecule has 0 unspecified atom stereocenters. The minimum absolute atomic E-state index is 0.0576. The van der Waals surface area contributed by atoms with Gasteiger partial charge in [-0.1, -0.05) is 11.6 Å². The van der Waals surface area contributed by atoms with E-state index in [9.17, 15) is 28.0 Å². The lowest BCUT2D eigenvalue weighted by molar-refractivity contribution is -0.145. The van der Waals surface area contributed by atoms with Crippen LogP contribution in [0.25, 0.3) is 18.1 Å². The summed E-state index contributed by atoms with van der Waals surface area (Å²) in [6.45, 7) is 1.62. The van der Waals surface area contributed by atoms with Crippen molar-refractivity contribution in [1.29, 1.82) is 5.26 Å². The third kappa shape index (κ3) is 5.75. The zero-order chi connectivity index (χ0) is 28.3. The number of halogens is 4. The smallest absolute Gasteiger partial charge is 0.355 e. The third-order valence-corrected chi connectivity index (χ3v) is 5.43. The summed E-state index contributed by atoms with van der Waals surface area (Å²) in [7, 11) is 1.40. The fourth-order valence-electron chi connectivity index (χ4n) is 3.39. The molecule has 0 atom stereocenters. The number of pyridine rings is 1. The van der Waals surface area contributed by atoms with Crippen LogP contribution in [0.2, 0.25) is 5.02 Å². The summed E-state index contributed by atoms with van der Waals surface area (Å²) in [5.74, 6) is -2.60. The van der Waals surface area contributed by atoms with Crippen LogP contribution in [0.5, 0.6) is 0 Å². The van der Waals surface area contributed by atoms with E-state index in [4.69, 9.17) is 11.6 Å². The summed E-state index contributed by atoms with van der Waals surface area (Å²) < 4.78 is 39.4. The second-order valence-corrected chi connectivity index (χ2v) is 8.19. The summed E-state index contributed by atoms with van der Waals surface area (Å²) in [6, 6.07) is 9.21. The van der Waals surface area contributed by atoms with Crippen LogP contribution in [0, 0.1) is 18.3 Å². The van der Waals surface area contributed by atoms with Crippen LogP contribution in [-0.4, -0.2) is 53.8 Å². The van der Waals surface area contributed by atoms with Crippen molar-refractivity contribution in [3.05, 3.63) is 75.5 Å². The normalized spacial score (nSPS) is 11.4. The van der Waals surface area contributed by atoms with Crippen LogP contribution in [0.4, 0.5) is 18.9 Å². The molecule has 0 aliphatic rings. The molecule has 2 amide bonds. The van der Waals surface area contributed by atoms with E-state index in [2.05, 4.69) is 36.1 Å². The molecular formula is C23H16ClF3N10O2. The molecule has 0 saturated carbocycles. The topological polar surface area (TPSA) is 156 Å². The van der Waals surface area contributed by atoms with Crippen molar-refractivity contribution >= 4 is 41.4 Å². The fraction of sp³-hybridized carbons (Fsp3) is 0.130. The maximum Gasteiger partial charge on any atom is 0.455 e. The summed E-state index contributed by atoms with van der Waals surface area (Å²) in [6.07, 6.45) is -1.04. The van der Waals surface area contributed by atoms with Crippen molar-refractivity contribution in [3.8, 4) is 11.9 Å². The number of hydrogen-bond acceptors (Lipinski definition) is 8. The second kappa shape index (κ2) is 10.7. The standard InChI is InChI=1S/C23H16ClF3N10O2/c1-12-8-13(11-28)9-15(20(38)29-2)18(12)31-21(39)17-10-14(33-37(17)19-16(24)4-3-6-30-19)5-7-36-34-22(32-35-36)23(25,26)27/h3-10H,1-2H3,(H,29,38)(H,31,39)/b7-5+. The van der Waals surface area contributed by atoms with Gasteiger partial charge >= 0.3 is 6.18 Å². The molecule has 1 aromatic carbocycles. The Kier molecular flexibility index (Phi) is 7.40. The lowest BCUT2D eigenvalue weighted by Gasteiger charge is -2.14. The number of alkyl halides is 3. The van der Waals surface area contributed by atoms with Gasteiger partial charge in [0.05, 0.1) is 39.8 Å². The first-order valence-electron chi connectivity index (χ1n) is 10.9. The van der Waals surface area contributed by atoms with Gasteiger partial charge in [-0.3, -0.25) is 9.59 Å². The number of aromatic nitrogens is 7. The molecule has 198 valence electrons. The number of nitrogens with zero attached hydrogens (tertiary/aromatic N) is 8. The van der Waals surface area contributed by atoms with Crippen molar-refractivity contribution in [2.45, 2.75) is 13.1 Å². The van der Waals surface area contributed by atoms with Gasteiger partial charge in [-0.05, 0) is 54.1 Å². The summed E-state index contributed by atoms with van der Waals surface area (Å²) in [5.41, 5.74) is 0.905. The monoisotopic (exact) mass is 556 g/mol. The number of nitriles is 1. The number of amides is 2. The molecule has 0 saturated heterocycles. The predicted octanol–water partition coefficient (Wildman–Crippen LogP) is 3.35. The van der Waals surface area contributed by atoms with Gasteiger partial charge in [0.2, 0.25) is 0 Å². The van der Waals surface area contributed by atoms with E-state index < -0.39 is 23.8 Å². The van der Waals surface area contributed by atoms with Crippen LogP contribution >= 0.6 is 11.6 Å². The summed E-state index contributed by atoms with van der Waals surface area (Å²) in [4.78, 5) is 30.7. The molecular weight excluding hydrogens is 541 g/mol. The van der Waals surface area contributed by atoms with Crippen LogP contribution in [0.3, 0.4) is 0 Å². The lowest BCUT2D eigenvalue weighted by Crippen LogP contribution is -2.24. The minimum Gasteiger partial charge on any atom is -0.355 e. The van der Waals surface area contributed by atoms with Gasteiger partial charge in [0, 0.05) is 13.2 Å². The molecule has 4 rings (SSSR count). The van der Waals surface area contributed by atoms with Gasteiger partial charge in [0.1, 0.15) is 5.69 Å². The Morgan fingerprint density at radius 1 is 1.18 bits per heavy atom. The van der Waals surface area contributed by atoms with E-state index in [-0.39, 0.29) is 39.0 Å². The van der Waals surface area contributed by atoms with Gasteiger partial charge in [-0.25, -0.2) is 9.67 Å². The molecule has 0 aliphatic carbocycles. The van der Waals surface area contributed by atoms with Crippen molar-refractivity contribution in [3.63, 3.8) is 0 Å². The average Bonchev–Trinajstić information content (AvgIpc) is 3.56. The highest BCUT2D eigenvalue weighted by atomic mass is 35.5. The van der Waals surface area contributed by atoms with E-state index in [1.807, 2.05) is 6.07 Å². The van der Waals surface area contributed by atoms with Crippen molar-refractivity contribution < 1.29 is 22.8 Å². The molecule has 0 radical (unpaired) electrons. The molecule has 4 aromatic rings. The highest BCUT2D eigenvalue weighted by Crippen LogP contribution is 2.26. The maximum absolute atomic E-state index is 13.5. The number of hydrogen-bond donors (Lipinski definition) is 2. The SMILES string of the molecule is CNC(=O)c1cc(C#N)cc(C)c1NC(=O)c1cc(/C=C/n2nnc(C(F)(F)F)n2)nn1-c1ncccc1Cl. The Morgan fingerprint density at radius 3 is 2.59 bits per heavy atom. The Morgan fingerprint density at radius 2 is 1.95 bits per heavy atom. The van der Waals surface area contributed by atoms with Crippen LogP contribution in [0.1, 0.15) is 43.5 Å². The van der Waals surface area contributed by atoms with E-state index in [0.29, 0.717) is 10.4 Å². The van der Waals surface area contributed by atoms with E-state index in [0.717, 1.165) is 10.9 Å². The second-order valence-electron chi connectivity index (χ2n) is 7.78. The maximum atomic E-state index is 13.5. The number of tetrazole rings is 1. The van der Waals surface area contributed by atoms with Gasteiger partial charge in [0.15, 0.2) is 5.82 Å². The molecule has 0 spiro atoms. The van der Waals surface area contributed by atoms with Crippen LogP contribution in [0.15, 0.2) is 36.5 Å². The molecule has 12 nitrogen and oxygen atoms in total. The highest BCUT2D eigenvalue weighted by molar-refractivity contribution is 6.32. The zero-order valence-corrected chi connectivity index (χ0v) is 20.8. The number of aryl methyl sites for hydroxylation is 1. The Hall–Kier alpha value is -5.10. The first kappa shape index (κ1) is 26.9. The first-order valence-corrected chi connectivity index (χ1v) is 11.2. The number of rotatable bonds is 6. The average molecular weight is 557 g/mol. The van der Waals surface area contributed by atoms with E-state index >= 15 is 0 Å². The number of carbonyl (C=O) groups excluding carboxylic acids is 2. The molecule has 3 aromatic heterocycles. The van der Waals surface area contributed by atoms with Crippen molar-refractivity contribution in [1.82, 2.24) is 40.3 Å². The predicted molar refractivity (Wildman–Crippen MR) is 132 cm³/mol. The lowest BCUT2D eigenvalue weighted by atomic mass is 10.0. The van der Waals surface area contributed by atoms with Gasteiger partial charge in [-0.15, -0.1) is 15.0 Å². The fourth-order valence-corrected chi connectivity index (χ4v) is 3.59. The molecule has 0 aliphatic heterocycles. The van der Waals surface area contributed by atoms with Crippen LogP contribution in [-0.2, 0) is 6.18 Å². The highest BCUT2D eigenvalue weighted by Gasteiger charge is 2.36. The molecule has 39 heavy (non-hydrogen) atoms. The quantitative estimate of drug-likeness (QED) is 0.366. The number of carbonyl (C=O) groups is 2. The Balaban J connectivity index is 1.75. The van der Waals surface area contributed by atoms with E-state index in [1.165, 1.54) is 43.6 Å². The molecule has 16 heteroatoms. The Bertz CT molecular complexity index is 1650. The van der Waals surface area contributed by atoms with Gasteiger partial charge in [0.25, 0.3) is 17.6 Å². The first-order chi connectivity index (χ1) is 18.5. The largest absolute Gasteiger partial charge is 0.455 e. The number of anilines is 1. The molecule has 0 fully saturated rings. The summed E-state index contributed by atoms with van der Waals surface area (Å²) in [5, 5.41) is 28.3. The van der Waals surface area contributed by atoms with E-state index in [1.54, 1.807) is 13.0 Å². The molecule has 3 heterocycles. The molecule has 2 N–H and O–H groups in total. The molecule has 0 bridgehead atoms. The van der Waals surface area contributed by atoms with Crippen molar-refractivity contribution in [2.75, 3.05) is 12.4 Å². The summed E-state index contributed by atoms with van der Waals surface area (Å²) >= 11 is 6.27. The van der Waals surface area contributed by atoms with Gasteiger partial charge < -0.3 is 10.6 Å². The van der Waals surface area contributed by atoms with Crippen LogP contribution < -0.4 is 10.6 Å². The Labute approximate surface area is 222 Å². The number of nitrogens with one attached hydrogen (secondary N) is 2. The van der Waals surface area contributed by atoms with Gasteiger partial charge in [-0.2, -0.15) is 23.5 Å². The third-order valence-electron chi connectivity index (χ3n) is 5.14. The van der Waals surface area contributed by atoms with Crippen molar-refractivity contribution in [2.24, 2.45) is 0 Å².